The van der Waals surface area contributed by atoms with Crippen LogP contribution in [0, 0.1) is 32.6 Å². The van der Waals surface area contributed by atoms with Gasteiger partial charge in [0.15, 0.2) is 0 Å². The molecule has 8 aromatic rings. The second kappa shape index (κ2) is 25.7. The fourth-order valence-corrected chi connectivity index (χ4v) is 10.5. The van der Waals surface area contributed by atoms with Crippen LogP contribution in [-0.2, 0) is 33.7 Å². The second-order valence-electron chi connectivity index (χ2n) is 20.9. The summed E-state index contributed by atoms with van der Waals surface area (Å²) in [6.07, 6.45) is 3.15. The highest BCUT2D eigenvalue weighted by atomic mass is 35.5. The lowest BCUT2D eigenvalue weighted by Crippen LogP contribution is -2.40. The van der Waals surface area contributed by atoms with Crippen LogP contribution in [0.2, 0.25) is 5.02 Å². The van der Waals surface area contributed by atoms with E-state index in [1.807, 2.05) is 74.2 Å². The maximum absolute atomic E-state index is 14.1. The minimum absolute atomic E-state index is 0.00843. The summed E-state index contributed by atoms with van der Waals surface area (Å²) in [7, 11) is 1.60. The normalized spacial score (nSPS) is 14.1. The van der Waals surface area contributed by atoms with Gasteiger partial charge in [-0.25, -0.2) is 24.9 Å². The zero-order valence-corrected chi connectivity index (χ0v) is 47.6. The van der Waals surface area contributed by atoms with Gasteiger partial charge in [0.1, 0.15) is 30.5 Å². The first-order chi connectivity index (χ1) is 40.1. The van der Waals surface area contributed by atoms with Crippen molar-refractivity contribution in [3.05, 3.63) is 172 Å². The van der Waals surface area contributed by atoms with E-state index in [2.05, 4.69) is 51.0 Å². The Morgan fingerprint density at radius 3 is 1.67 bits per heavy atom. The molecule has 0 atom stereocenters. The third-order valence-electron chi connectivity index (χ3n) is 15.0. The van der Waals surface area contributed by atoms with E-state index in [1.54, 1.807) is 50.0 Å². The molecule has 0 radical (unpaired) electrons. The molecule has 14 nitrogen and oxygen atoms in total. The fourth-order valence-electron chi connectivity index (χ4n) is 10.3. The van der Waals surface area contributed by atoms with Crippen molar-refractivity contribution in [1.82, 2.24) is 24.9 Å². The Hall–Kier alpha value is -8.57. The number of nitrogens with zero attached hydrogens (tertiary/aromatic N) is 7. The molecule has 2 fully saturated rings. The number of benzene rings is 5. The number of hydrogen-bond acceptors (Lipinski definition) is 14. The number of rotatable bonds is 18. The molecule has 2 saturated heterocycles. The molecule has 2 aliphatic rings. The van der Waals surface area contributed by atoms with Gasteiger partial charge in [0.05, 0.1) is 42.5 Å². The minimum atomic E-state index is -4.61. The minimum Gasteiger partial charge on any atom is -0.493 e. The Morgan fingerprint density at radius 1 is 0.590 bits per heavy atom. The highest BCUT2D eigenvalue weighted by Gasteiger charge is 2.35. The number of hydrogen-bond donors (Lipinski definition) is 0. The van der Waals surface area contributed by atoms with Crippen LogP contribution in [0.3, 0.4) is 0 Å². The molecule has 428 valence electrons. The second-order valence-corrected chi connectivity index (χ2v) is 21.3. The molecule has 0 bridgehead atoms. The van der Waals surface area contributed by atoms with Crippen LogP contribution in [0.15, 0.2) is 134 Å². The molecule has 18 heteroatoms. The van der Waals surface area contributed by atoms with Crippen molar-refractivity contribution in [2.24, 2.45) is 11.8 Å². The Morgan fingerprint density at radius 2 is 1.14 bits per heavy atom. The monoisotopic (exact) mass is 1150 g/mol. The molecule has 0 spiro atoms. The molecular weight excluding hydrogens is 1080 g/mol. The van der Waals surface area contributed by atoms with Gasteiger partial charge in [-0.05, 0) is 141 Å². The van der Waals surface area contributed by atoms with E-state index >= 15 is 0 Å². The van der Waals surface area contributed by atoms with Crippen molar-refractivity contribution in [3.8, 4) is 67.9 Å². The Labute approximate surface area is 485 Å². The summed E-state index contributed by atoms with van der Waals surface area (Å²) in [6.45, 7) is 10.8. The van der Waals surface area contributed by atoms with Crippen LogP contribution in [0.25, 0.3) is 44.8 Å². The lowest BCUT2D eigenvalue weighted by Gasteiger charge is -2.32. The molecule has 10 rings (SSSR count). The molecular formula is C65H63ClF3N7O7. The SMILES string of the molecule is CCCOc1cc(-c2ccc(Cl)cc2C(F)(F)F)ccc1COc1ccc(C)cc1-c1ccnc(N2CCC(C(=O)OC(=O)C3CCN(c4nccc(-c5cc(C)ccc5OCc5ccc(-c6ccc(OC)nc6)cc5C)n4)CC3)CC2)n1. The first kappa shape index (κ1) is 57.7. The average molecular weight is 1150 g/mol. The van der Waals surface area contributed by atoms with Crippen LogP contribution in [0.5, 0.6) is 23.1 Å². The maximum atomic E-state index is 14.1. The summed E-state index contributed by atoms with van der Waals surface area (Å²) >= 11 is 5.97. The number of carbonyl (C=O) groups is 2. The molecule has 0 aliphatic carbocycles. The van der Waals surface area contributed by atoms with Crippen molar-refractivity contribution in [2.45, 2.75) is 79.2 Å². The number of methoxy groups -OCH3 is 1. The maximum Gasteiger partial charge on any atom is 0.417 e. The standard InChI is InChI=1S/C65H63ClF3N7O7/c1-6-31-80-59-35-46(51-15-14-50(66)36-54(51)65(67,68)69)10-12-49(59)39-82-58-17-8-41(3)33-53(58)56-20-26-71-64(74-56)76-29-23-44(24-30-76)62(78)83-61(77)43-21-27-75(28-22-43)63-70-25-19-55(73-63)52-32-40(2)7-16-57(52)81-38-48-11-9-45(34-42(48)4)47-13-18-60(79-5)72-37-47/h7-20,25-26,32-37,43-44H,6,21-24,27-31,38-39H2,1-5H3. The lowest BCUT2D eigenvalue weighted by atomic mass is 9.95. The zero-order valence-electron chi connectivity index (χ0n) is 46.8. The van der Waals surface area contributed by atoms with Crippen molar-refractivity contribution in [1.29, 1.82) is 0 Å². The topological polar surface area (TPSA) is 151 Å². The van der Waals surface area contributed by atoms with Crippen LogP contribution in [-0.4, -0.2) is 76.8 Å². The van der Waals surface area contributed by atoms with Crippen molar-refractivity contribution in [2.75, 3.05) is 49.7 Å². The predicted octanol–water partition coefficient (Wildman–Crippen LogP) is 14.1. The Balaban J connectivity index is 0.721. The van der Waals surface area contributed by atoms with Crippen LogP contribution in [0.4, 0.5) is 25.1 Å². The molecule has 0 unspecified atom stereocenters. The molecule has 83 heavy (non-hydrogen) atoms. The van der Waals surface area contributed by atoms with Gasteiger partial charge in [-0.15, -0.1) is 0 Å². The number of ether oxygens (including phenoxy) is 5. The molecule has 3 aromatic heterocycles. The van der Waals surface area contributed by atoms with E-state index in [1.165, 1.54) is 12.1 Å². The molecule has 0 N–H and O–H groups in total. The summed E-state index contributed by atoms with van der Waals surface area (Å²) < 4.78 is 72.0. The lowest BCUT2D eigenvalue weighted by molar-refractivity contribution is -0.166. The number of halogens is 4. The number of alkyl halides is 3. The number of esters is 2. The van der Waals surface area contributed by atoms with Gasteiger partial charge < -0.3 is 33.5 Å². The van der Waals surface area contributed by atoms with Gasteiger partial charge in [0.2, 0.25) is 17.8 Å². The van der Waals surface area contributed by atoms with Crippen molar-refractivity contribution in [3.63, 3.8) is 0 Å². The summed E-state index contributed by atoms with van der Waals surface area (Å²) in [6, 6.07) is 34.2. The van der Waals surface area contributed by atoms with Gasteiger partial charge in [0.25, 0.3) is 0 Å². The van der Waals surface area contributed by atoms with E-state index in [4.69, 9.17) is 45.3 Å². The van der Waals surface area contributed by atoms with Gasteiger partial charge in [0, 0.05) is 78.1 Å². The Kier molecular flexibility index (Phi) is 17.9. The van der Waals surface area contributed by atoms with Crippen LogP contribution >= 0.6 is 11.6 Å². The van der Waals surface area contributed by atoms with Gasteiger partial charge in [-0.2, -0.15) is 13.2 Å². The number of anilines is 2. The third-order valence-corrected chi connectivity index (χ3v) is 15.3. The van der Waals surface area contributed by atoms with Gasteiger partial charge >= 0.3 is 18.1 Å². The molecule has 5 heterocycles. The number of piperidine rings is 2. The third kappa shape index (κ3) is 13.9. The quantitative estimate of drug-likeness (QED) is 0.0592. The molecule has 5 aromatic carbocycles. The number of pyridine rings is 1. The zero-order chi connectivity index (χ0) is 58.2. The van der Waals surface area contributed by atoms with E-state index in [-0.39, 0.29) is 17.2 Å². The van der Waals surface area contributed by atoms with E-state index in [9.17, 15) is 22.8 Å². The summed E-state index contributed by atoms with van der Waals surface area (Å²) in [5, 5.41) is -0.00843. The van der Waals surface area contributed by atoms with E-state index in [0.717, 1.165) is 56.3 Å². The summed E-state index contributed by atoms with van der Waals surface area (Å²) in [5.74, 6) is 1.29. The molecule has 0 saturated carbocycles. The van der Waals surface area contributed by atoms with E-state index in [0.29, 0.717) is 123 Å². The number of aryl methyl sites for hydroxylation is 3. The summed E-state index contributed by atoms with van der Waals surface area (Å²) in [4.78, 5) is 54.6. The first-order valence-electron chi connectivity index (χ1n) is 27.7. The van der Waals surface area contributed by atoms with Gasteiger partial charge in [-0.1, -0.05) is 78.2 Å². The molecule has 0 amide bonds. The van der Waals surface area contributed by atoms with Crippen molar-refractivity contribution >= 4 is 35.4 Å². The number of aromatic nitrogens is 5. The fraction of sp³-hybridized carbons (Fsp3) is 0.308. The summed E-state index contributed by atoms with van der Waals surface area (Å²) in [5.41, 5.74) is 9.27. The smallest absolute Gasteiger partial charge is 0.417 e. The van der Waals surface area contributed by atoms with Crippen LogP contribution < -0.4 is 28.7 Å². The predicted molar refractivity (Wildman–Crippen MR) is 313 cm³/mol. The van der Waals surface area contributed by atoms with Crippen molar-refractivity contribution < 1.29 is 46.4 Å². The van der Waals surface area contributed by atoms with E-state index < -0.39 is 35.5 Å². The highest BCUT2D eigenvalue weighted by Crippen LogP contribution is 2.41. The Bertz CT molecular complexity index is 3630. The highest BCUT2D eigenvalue weighted by molar-refractivity contribution is 6.30. The first-order valence-corrected chi connectivity index (χ1v) is 28.1. The molecule has 2 aliphatic heterocycles. The van der Waals surface area contributed by atoms with Gasteiger partial charge in [-0.3, -0.25) is 9.59 Å². The van der Waals surface area contributed by atoms with Crippen LogP contribution in [0.1, 0.15) is 72.4 Å². The number of carbonyl (C=O) groups excluding carboxylic acids is 2. The average Bonchev–Trinajstić information content (AvgIpc) is 3.65. The largest absolute Gasteiger partial charge is 0.493 e.